The minimum Gasteiger partial charge on any atom is -0.493 e. The van der Waals surface area contributed by atoms with Crippen molar-refractivity contribution < 1.29 is 13.7 Å². The van der Waals surface area contributed by atoms with Crippen molar-refractivity contribution in [3.05, 3.63) is 24.4 Å². The summed E-state index contributed by atoms with van der Waals surface area (Å²) in [5, 5.41) is 9.84. The lowest BCUT2D eigenvalue weighted by atomic mass is 10.1. The first-order valence-corrected chi connectivity index (χ1v) is 9.74. The van der Waals surface area contributed by atoms with E-state index in [0.717, 1.165) is 35.5 Å². The number of pyridine rings is 1. The summed E-state index contributed by atoms with van der Waals surface area (Å²) in [5.41, 5.74) is 2.18. The van der Waals surface area contributed by atoms with Gasteiger partial charge in [0.15, 0.2) is 22.7 Å². The maximum Gasteiger partial charge on any atom is 0.162 e. The molecule has 0 unspecified atom stereocenters. The van der Waals surface area contributed by atoms with E-state index in [2.05, 4.69) is 26.2 Å². The van der Waals surface area contributed by atoms with E-state index in [1.165, 1.54) is 17.2 Å². The summed E-state index contributed by atoms with van der Waals surface area (Å²) in [6, 6.07) is 6.05. The lowest BCUT2D eigenvalue weighted by Crippen LogP contribution is -2.32. The fourth-order valence-electron chi connectivity index (χ4n) is 2.54. The second-order valence-electron chi connectivity index (χ2n) is 4.98. The Balaban J connectivity index is 0.000000471. The third-order valence-corrected chi connectivity index (χ3v) is 4.52. The molecule has 1 fully saturated rings. The lowest BCUT2D eigenvalue weighted by Gasteiger charge is -2.29. The summed E-state index contributed by atoms with van der Waals surface area (Å²) in [5.74, 6) is 3.83. The molecule has 0 atom stereocenters. The summed E-state index contributed by atoms with van der Waals surface area (Å²) >= 11 is 0.399. The first-order chi connectivity index (χ1) is 11.6. The molecule has 7 nitrogen and oxygen atoms in total. The summed E-state index contributed by atoms with van der Waals surface area (Å²) in [4.78, 5) is 6.88. The fourth-order valence-corrected chi connectivity index (χ4v) is 3.44. The van der Waals surface area contributed by atoms with E-state index in [0.29, 0.717) is 0 Å². The van der Waals surface area contributed by atoms with Crippen LogP contribution < -0.4 is 24.7 Å². The first kappa shape index (κ1) is 18.8. The summed E-state index contributed by atoms with van der Waals surface area (Å²) in [7, 11) is 3.31. The maximum absolute atomic E-state index is 9.11. The number of thioether (sulfide) groups is 1. The van der Waals surface area contributed by atoms with Crippen LogP contribution in [0.1, 0.15) is 0 Å². The standard InChI is InChI=1S/C15H18N2O2S.H4N2OS/c1-18-14-9-11-12(10-15(14)19-2)16-4-3-13(11)17-5-7-20-8-6-17;1-4(2)3/h3-4,9-10H,5-8H2,1-2H3;1-2H2. The second-order valence-corrected chi connectivity index (χ2v) is 6.86. The molecule has 132 valence electrons. The minimum absolute atomic E-state index is 0.721. The summed E-state index contributed by atoms with van der Waals surface area (Å²) in [6.07, 6.45) is 1.87. The van der Waals surface area contributed by atoms with Crippen LogP contribution in [0.4, 0.5) is 5.69 Å². The van der Waals surface area contributed by atoms with Gasteiger partial charge in [-0.05, 0) is 12.1 Å². The number of anilines is 1. The number of rotatable bonds is 3. The van der Waals surface area contributed by atoms with Crippen LogP contribution in [0.25, 0.3) is 10.9 Å². The van der Waals surface area contributed by atoms with E-state index in [9.17, 15) is 0 Å². The van der Waals surface area contributed by atoms with Crippen molar-refractivity contribution in [3.8, 4) is 11.5 Å². The van der Waals surface area contributed by atoms with Crippen LogP contribution in [0.2, 0.25) is 0 Å². The summed E-state index contributed by atoms with van der Waals surface area (Å²) in [6.45, 7) is 2.16. The fraction of sp³-hybridized carbons (Fsp3) is 0.400. The lowest BCUT2D eigenvalue weighted by molar-refractivity contribution is 0.356. The van der Waals surface area contributed by atoms with Crippen molar-refractivity contribution in [1.29, 1.82) is 0 Å². The molecule has 2 aromatic rings. The third kappa shape index (κ3) is 4.73. The smallest absolute Gasteiger partial charge is 0.162 e. The zero-order valence-electron chi connectivity index (χ0n) is 13.7. The first-order valence-electron chi connectivity index (χ1n) is 7.30. The van der Waals surface area contributed by atoms with Gasteiger partial charge in [0, 0.05) is 47.9 Å². The quantitative estimate of drug-likeness (QED) is 0.844. The molecule has 0 saturated carbocycles. The number of nitrogens with zero attached hydrogens (tertiary/aromatic N) is 2. The van der Waals surface area contributed by atoms with Gasteiger partial charge in [-0.2, -0.15) is 11.8 Å². The van der Waals surface area contributed by atoms with Crippen LogP contribution in [0, 0.1) is 0 Å². The Labute approximate surface area is 148 Å². The molecular weight excluding hydrogens is 348 g/mol. The van der Waals surface area contributed by atoms with Crippen LogP contribution in [-0.2, 0) is 11.2 Å². The molecule has 24 heavy (non-hydrogen) atoms. The van der Waals surface area contributed by atoms with E-state index in [1.54, 1.807) is 14.2 Å². The monoisotopic (exact) mass is 370 g/mol. The zero-order chi connectivity index (χ0) is 17.5. The van der Waals surface area contributed by atoms with E-state index >= 15 is 0 Å². The molecule has 1 saturated heterocycles. The van der Waals surface area contributed by atoms with Gasteiger partial charge in [0.1, 0.15) is 0 Å². The normalized spacial score (nSPS) is 14.3. The highest BCUT2D eigenvalue weighted by Gasteiger charge is 2.16. The van der Waals surface area contributed by atoms with Gasteiger partial charge in [0.25, 0.3) is 0 Å². The SMILES string of the molecule is COc1cc2nccc(N3CCSCC3)c2cc1OC.NS(N)=O. The zero-order valence-corrected chi connectivity index (χ0v) is 15.4. The predicted octanol–water partition coefficient (Wildman–Crippen LogP) is 1.29. The van der Waals surface area contributed by atoms with Crippen molar-refractivity contribution in [2.45, 2.75) is 0 Å². The van der Waals surface area contributed by atoms with Crippen molar-refractivity contribution in [2.24, 2.45) is 10.3 Å². The number of hydrogen-bond donors (Lipinski definition) is 2. The number of benzene rings is 1. The van der Waals surface area contributed by atoms with Gasteiger partial charge >= 0.3 is 0 Å². The number of fused-ring (bicyclic) bond motifs is 1. The molecular formula is C15H22N4O3S2. The number of aromatic nitrogens is 1. The molecule has 9 heteroatoms. The Morgan fingerprint density at radius 1 is 1.17 bits per heavy atom. The molecule has 0 spiro atoms. The average molecular weight is 371 g/mol. The van der Waals surface area contributed by atoms with Crippen molar-refractivity contribution >= 4 is 39.5 Å². The van der Waals surface area contributed by atoms with Crippen LogP contribution in [0.5, 0.6) is 11.5 Å². The molecule has 0 aliphatic carbocycles. The molecule has 0 amide bonds. The van der Waals surface area contributed by atoms with Gasteiger partial charge in [0.2, 0.25) is 0 Å². The Hall–Kier alpha value is -1.55. The Kier molecular flexibility index (Phi) is 7.10. The molecule has 0 bridgehead atoms. The van der Waals surface area contributed by atoms with Gasteiger partial charge in [-0.25, -0.2) is 14.5 Å². The predicted molar refractivity (Wildman–Crippen MR) is 101 cm³/mol. The molecule has 1 aromatic carbocycles. The van der Waals surface area contributed by atoms with Crippen molar-refractivity contribution in [2.75, 3.05) is 43.7 Å². The molecule has 2 heterocycles. The van der Waals surface area contributed by atoms with Gasteiger partial charge in [-0.15, -0.1) is 0 Å². The molecule has 4 N–H and O–H groups in total. The van der Waals surface area contributed by atoms with Gasteiger partial charge < -0.3 is 14.4 Å². The number of methoxy groups -OCH3 is 2. The van der Waals surface area contributed by atoms with Crippen LogP contribution in [0.3, 0.4) is 0 Å². The Bertz CT molecular complexity index is 704. The minimum atomic E-state index is -1.61. The number of hydrogen-bond acceptors (Lipinski definition) is 6. The van der Waals surface area contributed by atoms with E-state index in [4.69, 9.17) is 13.7 Å². The van der Waals surface area contributed by atoms with Gasteiger partial charge in [-0.1, -0.05) is 0 Å². The number of ether oxygens (including phenoxy) is 2. The van der Waals surface area contributed by atoms with E-state index in [-0.39, 0.29) is 0 Å². The van der Waals surface area contributed by atoms with Crippen molar-refractivity contribution in [3.63, 3.8) is 0 Å². The highest BCUT2D eigenvalue weighted by Crippen LogP contribution is 2.36. The van der Waals surface area contributed by atoms with Crippen LogP contribution in [-0.4, -0.2) is 48.0 Å². The van der Waals surface area contributed by atoms with Crippen molar-refractivity contribution in [1.82, 2.24) is 4.98 Å². The van der Waals surface area contributed by atoms with E-state index < -0.39 is 11.2 Å². The Morgan fingerprint density at radius 2 is 1.75 bits per heavy atom. The number of nitrogens with two attached hydrogens (primary N) is 2. The van der Waals surface area contributed by atoms with Crippen LogP contribution in [0.15, 0.2) is 24.4 Å². The molecule has 0 radical (unpaired) electrons. The van der Waals surface area contributed by atoms with Gasteiger partial charge in [-0.3, -0.25) is 4.98 Å². The Morgan fingerprint density at radius 3 is 2.33 bits per heavy atom. The summed E-state index contributed by atoms with van der Waals surface area (Å²) < 4.78 is 19.9. The topological polar surface area (TPSA) is 104 Å². The highest BCUT2D eigenvalue weighted by atomic mass is 32.2. The molecule has 3 rings (SSSR count). The van der Waals surface area contributed by atoms with E-state index in [1.807, 2.05) is 30.1 Å². The average Bonchev–Trinajstić information content (AvgIpc) is 2.60. The highest BCUT2D eigenvalue weighted by molar-refractivity contribution is 7.99. The van der Waals surface area contributed by atoms with Crippen LogP contribution >= 0.6 is 11.8 Å². The molecule has 1 aromatic heterocycles. The molecule has 1 aliphatic rings. The maximum atomic E-state index is 9.11. The molecule has 1 aliphatic heterocycles. The van der Waals surface area contributed by atoms with Gasteiger partial charge in [0.05, 0.1) is 19.7 Å². The largest absolute Gasteiger partial charge is 0.493 e. The third-order valence-electron chi connectivity index (χ3n) is 3.58. The second kappa shape index (κ2) is 9.07.